The molecule has 2 aromatic carbocycles. The Morgan fingerprint density at radius 1 is 1.09 bits per heavy atom. The molecular formula is C15H14ClN5O. The van der Waals surface area contributed by atoms with Crippen LogP contribution in [0.3, 0.4) is 0 Å². The van der Waals surface area contributed by atoms with Gasteiger partial charge in [0.15, 0.2) is 0 Å². The Morgan fingerprint density at radius 2 is 1.82 bits per heavy atom. The first-order valence-electron chi connectivity index (χ1n) is 6.59. The van der Waals surface area contributed by atoms with Crippen molar-refractivity contribution < 1.29 is 0 Å². The highest BCUT2D eigenvalue weighted by Gasteiger charge is 2.02. The number of nitriles is 1. The number of hydrogen-bond donors (Lipinski definition) is 3. The standard InChI is InChI=1S/C15H14ClN5O/c16-14-10-13(21-22)6-7-15(14)20-19-12-4-2-11(3-5-12)18-9-1-8-17/h2-7,10,18-20H,1,9H2. The SMILES string of the molecule is N#CCCNc1ccc(NNc2ccc(N=O)cc2Cl)cc1. The van der Waals surface area contributed by atoms with E-state index in [-0.39, 0.29) is 5.69 Å². The average molecular weight is 316 g/mol. The number of nitrogens with one attached hydrogen (secondary N) is 3. The van der Waals surface area contributed by atoms with Gasteiger partial charge in [-0.1, -0.05) is 11.6 Å². The number of nitrogens with zero attached hydrogens (tertiary/aromatic N) is 2. The van der Waals surface area contributed by atoms with Crippen molar-refractivity contribution in [1.29, 1.82) is 5.26 Å². The molecule has 2 aromatic rings. The van der Waals surface area contributed by atoms with Crippen molar-refractivity contribution in [3.05, 3.63) is 52.4 Å². The van der Waals surface area contributed by atoms with Crippen molar-refractivity contribution in [3.63, 3.8) is 0 Å². The Bertz CT molecular complexity index is 681. The molecule has 0 unspecified atom stereocenters. The second kappa shape index (κ2) is 7.86. The number of halogens is 1. The molecule has 6 nitrogen and oxygen atoms in total. The lowest BCUT2D eigenvalue weighted by Crippen LogP contribution is -2.09. The van der Waals surface area contributed by atoms with Crippen LogP contribution >= 0.6 is 11.6 Å². The van der Waals surface area contributed by atoms with Gasteiger partial charge in [0, 0.05) is 12.2 Å². The molecular weight excluding hydrogens is 302 g/mol. The number of hydrogen-bond acceptors (Lipinski definition) is 6. The van der Waals surface area contributed by atoms with Crippen LogP contribution in [0.25, 0.3) is 0 Å². The van der Waals surface area contributed by atoms with E-state index in [1.807, 2.05) is 24.3 Å². The van der Waals surface area contributed by atoms with Crippen LogP contribution in [0.5, 0.6) is 0 Å². The summed E-state index contributed by atoms with van der Waals surface area (Å²) >= 11 is 6.03. The van der Waals surface area contributed by atoms with Crippen LogP contribution in [-0.4, -0.2) is 6.54 Å². The summed E-state index contributed by atoms with van der Waals surface area (Å²) < 4.78 is 0. The second-order valence-electron chi connectivity index (χ2n) is 4.42. The zero-order valence-corrected chi connectivity index (χ0v) is 12.4. The number of anilines is 3. The molecule has 2 rings (SSSR count). The summed E-state index contributed by atoms with van der Waals surface area (Å²) in [5.74, 6) is 0. The average Bonchev–Trinajstić information content (AvgIpc) is 2.55. The van der Waals surface area contributed by atoms with Gasteiger partial charge < -0.3 is 10.7 Å². The van der Waals surface area contributed by atoms with Crippen molar-refractivity contribution in [2.45, 2.75) is 6.42 Å². The van der Waals surface area contributed by atoms with E-state index in [9.17, 15) is 4.91 Å². The minimum absolute atomic E-state index is 0.281. The molecule has 0 radical (unpaired) electrons. The van der Waals surface area contributed by atoms with Gasteiger partial charge in [0.2, 0.25) is 0 Å². The zero-order chi connectivity index (χ0) is 15.8. The van der Waals surface area contributed by atoms with Gasteiger partial charge >= 0.3 is 0 Å². The van der Waals surface area contributed by atoms with Crippen LogP contribution in [0.1, 0.15) is 6.42 Å². The molecule has 0 aromatic heterocycles. The van der Waals surface area contributed by atoms with Crippen LogP contribution in [0.15, 0.2) is 47.6 Å². The molecule has 0 amide bonds. The van der Waals surface area contributed by atoms with Crippen LogP contribution in [0.4, 0.5) is 22.7 Å². The predicted molar refractivity (Wildman–Crippen MR) is 89.3 cm³/mol. The van der Waals surface area contributed by atoms with Gasteiger partial charge in [0.1, 0.15) is 5.69 Å². The van der Waals surface area contributed by atoms with Gasteiger partial charge in [-0.25, -0.2) is 0 Å². The van der Waals surface area contributed by atoms with Gasteiger partial charge in [-0.05, 0) is 47.6 Å². The Kier molecular flexibility index (Phi) is 5.57. The Hall–Kier alpha value is -2.78. The summed E-state index contributed by atoms with van der Waals surface area (Å²) in [6.45, 7) is 0.619. The number of benzene rings is 2. The highest BCUT2D eigenvalue weighted by atomic mass is 35.5. The highest BCUT2D eigenvalue weighted by Crippen LogP contribution is 2.27. The van der Waals surface area contributed by atoms with E-state index in [0.29, 0.717) is 23.7 Å². The maximum atomic E-state index is 10.4. The molecule has 112 valence electrons. The fraction of sp³-hybridized carbons (Fsp3) is 0.133. The van der Waals surface area contributed by atoms with E-state index in [0.717, 1.165) is 11.4 Å². The summed E-state index contributed by atoms with van der Waals surface area (Å²) in [6, 6.07) is 14.4. The number of nitroso groups, excluding NO2 is 1. The van der Waals surface area contributed by atoms with E-state index in [1.54, 1.807) is 12.1 Å². The minimum Gasteiger partial charge on any atom is -0.384 e. The molecule has 0 aliphatic rings. The third-order valence-electron chi connectivity index (χ3n) is 2.85. The molecule has 0 bridgehead atoms. The third-order valence-corrected chi connectivity index (χ3v) is 3.16. The Morgan fingerprint density at radius 3 is 2.45 bits per heavy atom. The van der Waals surface area contributed by atoms with Crippen molar-refractivity contribution >= 4 is 34.4 Å². The summed E-state index contributed by atoms with van der Waals surface area (Å²) in [5, 5.41) is 14.8. The topological polar surface area (TPSA) is 89.3 Å². The first kappa shape index (κ1) is 15.6. The van der Waals surface area contributed by atoms with Crippen molar-refractivity contribution in [2.24, 2.45) is 5.18 Å². The molecule has 7 heteroatoms. The Balaban J connectivity index is 1.91. The van der Waals surface area contributed by atoms with Crippen molar-refractivity contribution in [1.82, 2.24) is 0 Å². The quantitative estimate of drug-likeness (QED) is 0.397. The van der Waals surface area contributed by atoms with E-state index in [1.165, 1.54) is 6.07 Å². The molecule has 0 saturated carbocycles. The maximum absolute atomic E-state index is 10.4. The van der Waals surface area contributed by atoms with Gasteiger partial charge in [-0.15, -0.1) is 4.91 Å². The molecule has 0 saturated heterocycles. The molecule has 0 spiro atoms. The number of hydrazine groups is 1. The summed E-state index contributed by atoms with van der Waals surface area (Å²) in [7, 11) is 0. The molecule has 22 heavy (non-hydrogen) atoms. The molecule has 0 heterocycles. The Labute approximate surface area is 133 Å². The normalized spacial score (nSPS) is 9.64. The lowest BCUT2D eigenvalue weighted by molar-refractivity contribution is 1.08. The third kappa shape index (κ3) is 4.36. The van der Waals surface area contributed by atoms with Gasteiger partial charge in [-0.2, -0.15) is 5.26 Å². The van der Waals surface area contributed by atoms with Crippen LogP contribution in [-0.2, 0) is 0 Å². The van der Waals surface area contributed by atoms with Gasteiger partial charge in [0.25, 0.3) is 0 Å². The predicted octanol–water partition coefficient (Wildman–Crippen LogP) is 4.50. The smallest absolute Gasteiger partial charge is 0.109 e. The van der Waals surface area contributed by atoms with E-state index >= 15 is 0 Å². The summed E-state index contributed by atoms with van der Waals surface area (Å²) in [5.41, 5.74) is 8.69. The fourth-order valence-corrected chi connectivity index (χ4v) is 1.96. The first-order valence-corrected chi connectivity index (χ1v) is 6.96. The largest absolute Gasteiger partial charge is 0.384 e. The monoisotopic (exact) mass is 315 g/mol. The van der Waals surface area contributed by atoms with Gasteiger partial charge in [-0.3, -0.25) is 5.43 Å². The molecule has 0 aliphatic carbocycles. The van der Waals surface area contributed by atoms with E-state index in [2.05, 4.69) is 27.4 Å². The van der Waals surface area contributed by atoms with Gasteiger partial charge in [0.05, 0.1) is 28.9 Å². The molecule has 0 fully saturated rings. The van der Waals surface area contributed by atoms with Crippen molar-refractivity contribution in [2.75, 3.05) is 22.7 Å². The summed E-state index contributed by atoms with van der Waals surface area (Å²) in [4.78, 5) is 10.4. The lowest BCUT2D eigenvalue weighted by atomic mass is 10.2. The van der Waals surface area contributed by atoms with E-state index in [4.69, 9.17) is 16.9 Å². The molecule has 0 atom stereocenters. The molecule has 0 aliphatic heterocycles. The highest BCUT2D eigenvalue weighted by molar-refractivity contribution is 6.33. The second-order valence-corrected chi connectivity index (χ2v) is 4.82. The lowest BCUT2D eigenvalue weighted by Gasteiger charge is -2.12. The first-order chi connectivity index (χ1) is 10.7. The zero-order valence-electron chi connectivity index (χ0n) is 11.6. The van der Waals surface area contributed by atoms with E-state index < -0.39 is 0 Å². The summed E-state index contributed by atoms with van der Waals surface area (Å²) in [6.07, 6.45) is 0.464. The maximum Gasteiger partial charge on any atom is 0.109 e. The number of rotatable bonds is 7. The molecule has 3 N–H and O–H groups in total. The van der Waals surface area contributed by atoms with Crippen LogP contribution in [0, 0.1) is 16.2 Å². The van der Waals surface area contributed by atoms with Crippen molar-refractivity contribution in [3.8, 4) is 6.07 Å². The minimum atomic E-state index is 0.281. The van der Waals surface area contributed by atoms with Crippen LogP contribution in [0.2, 0.25) is 5.02 Å². The fourth-order valence-electron chi connectivity index (χ4n) is 1.74. The van der Waals surface area contributed by atoms with Crippen LogP contribution < -0.4 is 16.2 Å².